The Hall–Kier alpha value is -2.33. The van der Waals surface area contributed by atoms with Gasteiger partial charge in [0.15, 0.2) is 0 Å². The molecule has 0 saturated carbocycles. The second-order valence-electron chi connectivity index (χ2n) is 7.06. The highest BCUT2D eigenvalue weighted by Crippen LogP contribution is 2.20. The molecule has 4 nitrogen and oxygen atoms in total. The van der Waals surface area contributed by atoms with Crippen LogP contribution in [0.3, 0.4) is 0 Å². The molecule has 0 radical (unpaired) electrons. The summed E-state index contributed by atoms with van der Waals surface area (Å²) in [6, 6.07) is 18.3. The average molecular weight is 354 g/mol. The number of benzene rings is 2. The van der Waals surface area contributed by atoms with E-state index in [9.17, 15) is 4.79 Å². The molecule has 140 valence electrons. The zero-order chi connectivity index (χ0) is 19.1. The van der Waals surface area contributed by atoms with Gasteiger partial charge in [-0.2, -0.15) is 0 Å². The highest BCUT2D eigenvalue weighted by atomic mass is 16.2. The van der Waals surface area contributed by atoms with Gasteiger partial charge in [0.1, 0.15) is 6.04 Å². The van der Waals surface area contributed by atoms with E-state index in [1.54, 1.807) is 0 Å². The van der Waals surface area contributed by atoms with Gasteiger partial charge >= 0.3 is 0 Å². The second-order valence-corrected chi connectivity index (χ2v) is 7.06. The molecule has 2 unspecified atom stereocenters. The molecule has 0 aliphatic rings. The average Bonchev–Trinajstić information content (AvgIpc) is 2.62. The van der Waals surface area contributed by atoms with Crippen LogP contribution in [0.1, 0.15) is 31.0 Å². The number of anilines is 1. The van der Waals surface area contributed by atoms with E-state index in [4.69, 9.17) is 0 Å². The molecule has 2 aromatic carbocycles. The lowest BCUT2D eigenvalue weighted by Gasteiger charge is -2.28. The minimum absolute atomic E-state index is 0.0537. The van der Waals surface area contributed by atoms with Gasteiger partial charge in [0.25, 0.3) is 0 Å². The van der Waals surface area contributed by atoms with E-state index in [-0.39, 0.29) is 18.0 Å². The second kappa shape index (κ2) is 9.39. The molecule has 0 fully saturated rings. The summed E-state index contributed by atoms with van der Waals surface area (Å²) >= 11 is 0. The summed E-state index contributed by atoms with van der Waals surface area (Å²) in [6.07, 6.45) is 0.816. The maximum atomic E-state index is 12.9. The molecule has 0 saturated heterocycles. The largest absolute Gasteiger partial charge is 0.378 e. The van der Waals surface area contributed by atoms with Crippen molar-refractivity contribution >= 4 is 11.6 Å². The fourth-order valence-electron chi connectivity index (χ4n) is 3.08. The molecule has 0 aliphatic carbocycles. The number of amides is 1. The highest BCUT2D eigenvalue weighted by Gasteiger charge is 2.25. The third-order valence-electron chi connectivity index (χ3n) is 4.69. The number of carbonyl (C=O) groups excluding carboxylic acids is 1. The molecule has 1 N–H and O–H groups in total. The Morgan fingerprint density at radius 1 is 1.00 bits per heavy atom. The standard InChI is InChI=1S/C22H31N3O/c1-6-25(5)21(19-10-8-7-9-11-19)22(26)23-17(2)16-18-12-14-20(15-13-18)24(3)4/h7-15,17,21H,6,16H2,1-5H3,(H,23,26). The first-order valence-corrected chi connectivity index (χ1v) is 9.24. The third kappa shape index (κ3) is 5.33. The van der Waals surface area contributed by atoms with E-state index in [1.165, 1.54) is 11.3 Å². The van der Waals surface area contributed by atoms with Crippen LogP contribution in [0.5, 0.6) is 0 Å². The van der Waals surface area contributed by atoms with E-state index in [0.717, 1.165) is 18.5 Å². The highest BCUT2D eigenvalue weighted by molar-refractivity contribution is 5.83. The quantitative estimate of drug-likeness (QED) is 0.789. The van der Waals surface area contributed by atoms with Gasteiger partial charge < -0.3 is 10.2 Å². The Kier molecular flexibility index (Phi) is 7.22. The summed E-state index contributed by atoms with van der Waals surface area (Å²) in [5, 5.41) is 3.19. The van der Waals surface area contributed by atoms with Crippen molar-refractivity contribution in [1.82, 2.24) is 10.2 Å². The molecule has 0 spiro atoms. The van der Waals surface area contributed by atoms with Gasteiger partial charge in [-0.25, -0.2) is 0 Å². The van der Waals surface area contributed by atoms with Crippen molar-refractivity contribution < 1.29 is 4.79 Å². The number of rotatable bonds is 8. The van der Waals surface area contributed by atoms with Crippen LogP contribution in [0.2, 0.25) is 0 Å². The van der Waals surface area contributed by atoms with Crippen molar-refractivity contribution in [1.29, 1.82) is 0 Å². The summed E-state index contributed by atoms with van der Waals surface area (Å²) in [7, 11) is 6.06. The van der Waals surface area contributed by atoms with E-state index < -0.39 is 0 Å². The van der Waals surface area contributed by atoms with Crippen molar-refractivity contribution in [2.45, 2.75) is 32.4 Å². The molecule has 26 heavy (non-hydrogen) atoms. The lowest BCUT2D eigenvalue weighted by molar-refractivity contribution is -0.126. The van der Waals surface area contributed by atoms with Crippen LogP contribution in [0.25, 0.3) is 0 Å². The van der Waals surface area contributed by atoms with Crippen molar-refractivity contribution in [3.63, 3.8) is 0 Å². The summed E-state index contributed by atoms with van der Waals surface area (Å²) in [5.74, 6) is 0.0537. The zero-order valence-corrected chi connectivity index (χ0v) is 16.6. The Balaban J connectivity index is 2.03. The van der Waals surface area contributed by atoms with Crippen molar-refractivity contribution in [2.75, 3.05) is 32.6 Å². The van der Waals surface area contributed by atoms with Crippen LogP contribution in [-0.4, -0.2) is 44.5 Å². The monoisotopic (exact) mass is 353 g/mol. The summed E-state index contributed by atoms with van der Waals surface area (Å²) < 4.78 is 0. The lowest BCUT2D eigenvalue weighted by atomic mass is 10.0. The molecule has 2 atom stereocenters. The molecule has 2 aromatic rings. The minimum Gasteiger partial charge on any atom is -0.378 e. The maximum absolute atomic E-state index is 12.9. The van der Waals surface area contributed by atoms with E-state index in [1.807, 2.05) is 51.5 Å². The van der Waals surface area contributed by atoms with Gasteiger partial charge in [0.2, 0.25) is 5.91 Å². The van der Waals surface area contributed by atoms with Crippen molar-refractivity contribution in [3.05, 3.63) is 65.7 Å². The number of nitrogens with one attached hydrogen (secondary N) is 1. The van der Waals surface area contributed by atoms with Gasteiger partial charge in [0.05, 0.1) is 0 Å². The molecule has 0 aliphatic heterocycles. The van der Waals surface area contributed by atoms with Gasteiger partial charge in [-0.3, -0.25) is 9.69 Å². The topological polar surface area (TPSA) is 35.6 Å². The molecular formula is C22H31N3O. The molecule has 4 heteroatoms. The van der Waals surface area contributed by atoms with Crippen molar-refractivity contribution in [3.8, 4) is 0 Å². The Morgan fingerprint density at radius 2 is 1.62 bits per heavy atom. The normalized spacial score (nSPS) is 13.3. The summed E-state index contributed by atoms with van der Waals surface area (Å²) in [5.41, 5.74) is 3.43. The SMILES string of the molecule is CCN(C)C(C(=O)NC(C)Cc1ccc(N(C)C)cc1)c1ccccc1. The minimum atomic E-state index is -0.264. The zero-order valence-electron chi connectivity index (χ0n) is 16.6. The predicted octanol–water partition coefficient (Wildman–Crippen LogP) is 3.49. The van der Waals surface area contributed by atoms with Crippen LogP contribution in [0.15, 0.2) is 54.6 Å². The van der Waals surface area contributed by atoms with Gasteiger partial charge in [-0.1, -0.05) is 49.4 Å². The van der Waals surface area contributed by atoms with Crippen LogP contribution in [0.4, 0.5) is 5.69 Å². The molecular weight excluding hydrogens is 322 g/mol. The first kappa shape index (κ1) is 20.0. The molecule has 0 aromatic heterocycles. The fraction of sp³-hybridized carbons (Fsp3) is 0.409. The van der Waals surface area contributed by atoms with Crippen LogP contribution in [-0.2, 0) is 11.2 Å². The lowest BCUT2D eigenvalue weighted by Crippen LogP contribution is -2.43. The molecule has 0 heterocycles. The summed E-state index contributed by atoms with van der Waals surface area (Å²) in [4.78, 5) is 17.1. The van der Waals surface area contributed by atoms with E-state index in [0.29, 0.717) is 0 Å². The van der Waals surface area contributed by atoms with E-state index >= 15 is 0 Å². The number of likely N-dealkylation sites (N-methyl/N-ethyl adjacent to an activating group) is 1. The third-order valence-corrected chi connectivity index (χ3v) is 4.69. The molecule has 2 rings (SSSR count). The Labute approximate surface area is 157 Å². The Bertz CT molecular complexity index is 682. The van der Waals surface area contributed by atoms with Gasteiger partial charge in [-0.05, 0) is 50.2 Å². The number of carbonyl (C=O) groups is 1. The smallest absolute Gasteiger partial charge is 0.242 e. The Morgan fingerprint density at radius 3 is 2.15 bits per heavy atom. The first-order chi connectivity index (χ1) is 12.4. The fourth-order valence-corrected chi connectivity index (χ4v) is 3.08. The van der Waals surface area contributed by atoms with Crippen LogP contribution >= 0.6 is 0 Å². The van der Waals surface area contributed by atoms with E-state index in [2.05, 4.69) is 53.2 Å². The number of nitrogens with zero attached hydrogens (tertiary/aromatic N) is 2. The molecule has 1 amide bonds. The van der Waals surface area contributed by atoms with Crippen LogP contribution in [0, 0.1) is 0 Å². The molecule has 0 bridgehead atoms. The van der Waals surface area contributed by atoms with Crippen LogP contribution < -0.4 is 10.2 Å². The van der Waals surface area contributed by atoms with Gasteiger partial charge in [0, 0.05) is 25.8 Å². The first-order valence-electron chi connectivity index (χ1n) is 9.24. The maximum Gasteiger partial charge on any atom is 0.242 e. The predicted molar refractivity (Wildman–Crippen MR) is 110 cm³/mol. The number of hydrogen-bond acceptors (Lipinski definition) is 3. The summed E-state index contributed by atoms with van der Waals surface area (Å²) in [6.45, 7) is 4.94. The van der Waals surface area contributed by atoms with Gasteiger partial charge in [-0.15, -0.1) is 0 Å². The van der Waals surface area contributed by atoms with Crippen molar-refractivity contribution in [2.24, 2.45) is 0 Å². The number of hydrogen-bond donors (Lipinski definition) is 1.